The Morgan fingerprint density at radius 3 is 2.32 bits per heavy atom. The summed E-state index contributed by atoms with van der Waals surface area (Å²) < 4.78 is 31.6. The summed E-state index contributed by atoms with van der Waals surface area (Å²) in [4.78, 5) is 0.392. The van der Waals surface area contributed by atoms with Crippen molar-refractivity contribution in [2.45, 2.75) is 24.7 Å². The fourth-order valence-corrected chi connectivity index (χ4v) is 3.88. The molecule has 2 rings (SSSR count). The fraction of sp³-hybridized carbons (Fsp3) is 0.571. The molecule has 4 nitrogen and oxygen atoms in total. The summed E-state index contributed by atoms with van der Waals surface area (Å²) in [5.74, 6) is 0.481. The summed E-state index contributed by atoms with van der Waals surface area (Å²) in [6.07, 6.45) is 1.75. The highest BCUT2D eigenvalue weighted by molar-refractivity contribution is 7.89. The first-order valence-electron chi connectivity index (χ1n) is 6.60. The summed E-state index contributed by atoms with van der Waals surface area (Å²) in [5, 5.41) is 0. The van der Waals surface area contributed by atoms with Gasteiger partial charge in [0, 0.05) is 26.8 Å². The minimum atomic E-state index is -3.32. The van der Waals surface area contributed by atoms with Crippen molar-refractivity contribution in [2.24, 2.45) is 5.92 Å². The molecule has 19 heavy (non-hydrogen) atoms. The maximum Gasteiger partial charge on any atom is 0.243 e. The average molecular weight is 283 g/mol. The first kappa shape index (κ1) is 14.5. The van der Waals surface area contributed by atoms with Gasteiger partial charge in [-0.15, -0.1) is 0 Å². The van der Waals surface area contributed by atoms with Gasteiger partial charge in [-0.25, -0.2) is 8.42 Å². The van der Waals surface area contributed by atoms with E-state index >= 15 is 0 Å². The highest BCUT2D eigenvalue weighted by Crippen LogP contribution is 2.24. The van der Waals surface area contributed by atoms with Crippen LogP contribution in [0.15, 0.2) is 29.2 Å². The molecule has 0 spiro atoms. The number of methoxy groups -OCH3 is 1. The number of hydrogen-bond donors (Lipinski definition) is 0. The van der Waals surface area contributed by atoms with Gasteiger partial charge in [-0.3, -0.25) is 0 Å². The molecule has 0 amide bonds. The van der Waals surface area contributed by atoms with Crippen LogP contribution in [0.4, 0.5) is 0 Å². The van der Waals surface area contributed by atoms with Crippen LogP contribution in [-0.2, 0) is 14.8 Å². The summed E-state index contributed by atoms with van der Waals surface area (Å²) in [5.41, 5.74) is 1.07. The van der Waals surface area contributed by atoms with E-state index in [4.69, 9.17) is 4.74 Å². The van der Waals surface area contributed by atoms with E-state index in [0.29, 0.717) is 23.9 Å². The Labute approximate surface area is 115 Å². The predicted octanol–water partition coefficient (Wildman–Crippen LogP) is 2.04. The molecule has 0 unspecified atom stereocenters. The van der Waals surface area contributed by atoms with E-state index in [1.807, 2.05) is 19.1 Å². The molecule has 1 aliphatic heterocycles. The number of nitrogens with zero attached hydrogens (tertiary/aromatic N) is 1. The van der Waals surface area contributed by atoms with E-state index in [9.17, 15) is 8.42 Å². The third-order valence-electron chi connectivity index (χ3n) is 3.63. The topological polar surface area (TPSA) is 46.6 Å². The molecule has 1 aromatic rings. The molecular formula is C14H21NO3S. The van der Waals surface area contributed by atoms with Crippen LogP contribution in [0.1, 0.15) is 18.4 Å². The van der Waals surface area contributed by atoms with Gasteiger partial charge in [0.25, 0.3) is 0 Å². The van der Waals surface area contributed by atoms with Gasteiger partial charge >= 0.3 is 0 Å². The van der Waals surface area contributed by atoms with Gasteiger partial charge in [0.05, 0.1) is 4.90 Å². The zero-order chi connectivity index (χ0) is 13.9. The Morgan fingerprint density at radius 1 is 1.21 bits per heavy atom. The smallest absolute Gasteiger partial charge is 0.243 e. The first-order valence-corrected chi connectivity index (χ1v) is 8.04. The van der Waals surface area contributed by atoms with E-state index in [1.54, 1.807) is 23.5 Å². The zero-order valence-electron chi connectivity index (χ0n) is 11.5. The lowest BCUT2D eigenvalue weighted by Gasteiger charge is -2.30. The fourth-order valence-electron chi connectivity index (χ4n) is 2.41. The summed E-state index contributed by atoms with van der Waals surface area (Å²) in [7, 11) is -1.63. The Balaban J connectivity index is 2.07. The second-order valence-corrected chi connectivity index (χ2v) is 7.05. The van der Waals surface area contributed by atoms with Gasteiger partial charge in [-0.05, 0) is 37.8 Å². The number of aryl methyl sites for hydroxylation is 1. The zero-order valence-corrected chi connectivity index (χ0v) is 12.3. The number of ether oxygens (including phenoxy) is 1. The van der Waals surface area contributed by atoms with E-state index in [2.05, 4.69) is 0 Å². The van der Waals surface area contributed by atoms with Gasteiger partial charge in [0.1, 0.15) is 0 Å². The third kappa shape index (κ3) is 3.35. The summed E-state index contributed by atoms with van der Waals surface area (Å²) in [6, 6.07) is 7.05. The Hall–Kier alpha value is -0.910. The van der Waals surface area contributed by atoms with Crippen LogP contribution in [0.3, 0.4) is 0 Å². The maximum absolute atomic E-state index is 12.5. The van der Waals surface area contributed by atoms with Crippen molar-refractivity contribution in [1.29, 1.82) is 0 Å². The molecule has 5 heteroatoms. The molecule has 0 aliphatic carbocycles. The molecule has 1 saturated heterocycles. The van der Waals surface area contributed by atoms with Crippen LogP contribution in [-0.4, -0.2) is 39.5 Å². The quantitative estimate of drug-likeness (QED) is 0.849. The second-order valence-electron chi connectivity index (χ2n) is 5.12. The van der Waals surface area contributed by atoms with Crippen LogP contribution in [0.2, 0.25) is 0 Å². The van der Waals surface area contributed by atoms with Crippen LogP contribution < -0.4 is 0 Å². The molecule has 0 bridgehead atoms. The lowest BCUT2D eigenvalue weighted by Crippen LogP contribution is -2.39. The number of rotatable bonds is 4. The van der Waals surface area contributed by atoms with Crippen LogP contribution in [0, 0.1) is 12.8 Å². The molecule has 0 radical (unpaired) electrons. The monoisotopic (exact) mass is 283 g/mol. The van der Waals surface area contributed by atoms with Crippen molar-refractivity contribution < 1.29 is 13.2 Å². The SMILES string of the molecule is COCC1CCN(S(=O)(=O)c2ccc(C)cc2)CC1. The number of piperidine rings is 1. The van der Waals surface area contributed by atoms with E-state index in [-0.39, 0.29) is 0 Å². The lowest BCUT2D eigenvalue weighted by molar-refractivity contribution is 0.121. The van der Waals surface area contributed by atoms with Crippen molar-refractivity contribution in [3.8, 4) is 0 Å². The summed E-state index contributed by atoms with van der Waals surface area (Å²) >= 11 is 0. The van der Waals surface area contributed by atoms with Crippen molar-refractivity contribution in [3.05, 3.63) is 29.8 Å². The van der Waals surface area contributed by atoms with Crippen LogP contribution in [0.5, 0.6) is 0 Å². The molecule has 106 valence electrons. The minimum absolute atomic E-state index is 0.392. The van der Waals surface area contributed by atoms with E-state index in [0.717, 1.165) is 25.0 Å². The van der Waals surface area contributed by atoms with Gasteiger partial charge in [0.15, 0.2) is 0 Å². The summed E-state index contributed by atoms with van der Waals surface area (Å²) in [6.45, 7) is 3.85. The highest BCUT2D eigenvalue weighted by atomic mass is 32.2. The highest BCUT2D eigenvalue weighted by Gasteiger charge is 2.29. The first-order chi connectivity index (χ1) is 9.04. The molecule has 0 aromatic heterocycles. The molecule has 1 aliphatic rings. The molecule has 1 aromatic carbocycles. The van der Waals surface area contributed by atoms with Crippen molar-refractivity contribution >= 4 is 10.0 Å². The maximum atomic E-state index is 12.5. The van der Waals surface area contributed by atoms with Crippen molar-refractivity contribution in [1.82, 2.24) is 4.31 Å². The molecular weight excluding hydrogens is 262 g/mol. The van der Waals surface area contributed by atoms with Gasteiger partial charge < -0.3 is 4.74 Å². The van der Waals surface area contributed by atoms with Crippen LogP contribution in [0.25, 0.3) is 0 Å². The molecule has 1 fully saturated rings. The third-order valence-corrected chi connectivity index (χ3v) is 5.55. The predicted molar refractivity (Wildman–Crippen MR) is 74.5 cm³/mol. The Bertz CT molecular complexity index is 502. The molecule has 0 atom stereocenters. The number of hydrogen-bond acceptors (Lipinski definition) is 3. The van der Waals surface area contributed by atoms with Crippen molar-refractivity contribution in [2.75, 3.05) is 26.8 Å². The average Bonchev–Trinajstić information content (AvgIpc) is 2.40. The number of benzene rings is 1. The number of sulfonamides is 1. The normalized spacial score (nSPS) is 18.6. The molecule has 0 N–H and O–H groups in total. The standard InChI is InChI=1S/C14H21NO3S/c1-12-3-5-14(6-4-12)19(16,17)15-9-7-13(8-10-15)11-18-2/h3-6,13H,7-11H2,1-2H3. The Kier molecular flexibility index (Phi) is 4.60. The molecule has 1 heterocycles. The van der Waals surface area contributed by atoms with Crippen molar-refractivity contribution in [3.63, 3.8) is 0 Å². The molecule has 0 saturated carbocycles. The van der Waals surface area contributed by atoms with Gasteiger partial charge in [0.2, 0.25) is 10.0 Å². The minimum Gasteiger partial charge on any atom is -0.384 e. The largest absolute Gasteiger partial charge is 0.384 e. The Morgan fingerprint density at radius 2 is 1.79 bits per heavy atom. The van der Waals surface area contributed by atoms with E-state index in [1.165, 1.54) is 0 Å². The van der Waals surface area contributed by atoms with Gasteiger partial charge in [-0.2, -0.15) is 4.31 Å². The van der Waals surface area contributed by atoms with Crippen LogP contribution >= 0.6 is 0 Å². The van der Waals surface area contributed by atoms with Gasteiger partial charge in [-0.1, -0.05) is 17.7 Å². The lowest BCUT2D eigenvalue weighted by atomic mass is 9.99. The van der Waals surface area contributed by atoms with E-state index < -0.39 is 10.0 Å². The second kappa shape index (κ2) is 6.03.